The summed E-state index contributed by atoms with van der Waals surface area (Å²) >= 11 is 13.3. The van der Waals surface area contributed by atoms with Gasteiger partial charge in [0.25, 0.3) is 10.9 Å². The Hall–Kier alpha value is -1.31. The molecule has 110 valence electrons. The smallest absolute Gasteiger partial charge is 0.276 e. The van der Waals surface area contributed by atoms with Crippen LogP contribution in [0.5, 0.6) is 0 Å². The lowest BCUT2D eigenvalue weighted by Gasteiger charge is -1.97. The molecule has 0 N–H and O–H groups in total. The van der Waals surface area contributed by atoms with Gasteiger partial charge in [-0.05, 0) is 12.5 Å². The number of nitro groups is 1. The Balaban J connectivity index is 1.70. The maximum atomic E-state index is 10.7. The molecule has 6 nitrogen and oxygen atoms in total. The highest BCUT2D eigenvalue weighted by Gasteiger charge is 2.51. The molecular weight excluding hydrogens is 337 g/mol. The SMILES string of the molecule is O=[N+]([O-])c1cccc(-c2nnc(SC[C@@H]3CC3(Cl)Cl)o2)c1. The average molecular weight is 346 g/mol. The third kappa shape index (κ3) is 3.30. The van der Waals surface area contributed by atoms with Crippen molar-refractivity contribution in [3.05, 3.63) is 34.4 Å². The van der Waals surface area contributed by atoms with Gasteiger partial charge in [0.05, 0.1) is 4.92 Å². The molecule has 9 heteroatoms. The first-order valence-corrected chi connectivity index (χ1v) is 7.79. The Bertz CT molecular complexity index is 692. The van der Waals surface area contributed by atoms with Crippen LogP contribution in [0.1, 0.15) is 6.42 Å². The second kappa shape index (κ2) is 5.47. The maximum Gasteiger partial charge on any atom is 0.276 e. The van der Waals surface area contributed by atoms with Crippen LogP contribution in [0, 0.1) is 16.0 Å². The van der Waals surface area contributed by atoms with Crippen LogP contribution in [0.15, 0.2) is 33.9 Å². The highest BCUT2D eigenvalue weighted by atomic mass is 35.5. The Morgan fingerprint density at radius 3 is 2.90 bits per heavy atom. The standard InChI is InChI=1S/C12H9Cl2N3O3S/c13-12(14)5-8(12)6-21-11-16-15-10(20-11)7-2-1-3-9(4-7)17(18)19/h1-4,8H,5-6H2/t8-/m0/s1. The molecule has 2 aromatic rings. The van der Waals surface area contributed by atoms with E-state index in [2.05, 4.69) is 10.2 Å². The average Bonchev–Trinajstić information content (AvgIpc) is 2.88. The Morgan fingerprint density at radius 2 is 2.24 bits per heavy atom. The van der Waals surface area contributed by atoms with Crippen molar-refractivity contribution in [3.8, 4) is 11.5 Å². The zero-order chi connectivity index (χ0) is 15.0. The zero-order valence-electron chi connectivity index (χ0n) is 10.5. The van der Waals surface area contributed by atoms with E-state index in [0.717, 1.165) is 6.42 Å². The Morgan fingerprint density at radius 1 is 1.48 bits per heavy atom. The molecule has 1 fully saturated rings. The summed E-state index contributed by atoms with van der Waals surface area (Å²) in [6.45, 7) is 0. The second-order valence-corrected chi connectivity index (χ2v) is 7.17. The van der Waals surface area contributed by atoms with Crippen LogP contribution in [-0.4, -0.2) is 25.2 Å². The number of nitrogens with zero attached hydrogens (tertiary/aromatic N) is 3. The largest absolute Gasteiger partial charge is 0.411 e. The minimum Gasteiger partial charge on any atom is -0.411 e. The number of alkyl halides is 2. The van der Waals surface area contributed by atoms with E-state index < -0.39 is 9.26 Å². The summed E-state index contributed by atoms with van der Waals surface area (Å²) in [5.74, 6) is 1.17. The molecule has 1 atom stereocenters. The maximum absolute atomic E-state index is 10.7. The van der Waals surface area contributed by atoms with Crippen molar-refractivity contribution in [2.45, 2.75) is 16.0 Å². The van der Waals surface area contributed by atoms with Crippen molar-refractivity contribution >= 4 is 40.7 Å². The van der Waals surface area contributed by atoms with Gasteiger partial charge < -0.3 is 4.42 Å². The van der Waals surface area contributed by atoms with Crippen molar-refractivity contribution in [3.63, 3.8) is 0 Å². The van der Waals surface area contributed by atoms with Gasteiger partial charge in [0.1, 0.15) is 4.33 Å². The molecule has 0 unspecified atom stereocenters. The molecule has 3 rings (SSSR count). The summed E-state index contributed by atoms with van der Waals surface area (Å²) in [5.41, 5.74) is 0.492. The van der Waals surface area contributed by atoms with E-state index in [9.17, 15) is 10.1 Å². The fourth-order valence-electron chi connectivity index (χ4n) is 1.76. The lowest BCUT2D eigenvalue weighted by Crippen LogP contribution is -1.92. The molecule has 21 heavy (non-hydrogen) atoms. The van der Waals surface area contributed by atoms with Gasteiger partial charge in [-0.15, -0.1) is 33.4 Å². The third-order valence-corrected chi connectivity index (χ3v) is 4.98. The van der Waals surface area contributed by atoms with Crippen LogP contribution < -0.4 is 0 Å². The van der Waals surface area contributed by atoms with Gasteiger partial charge in [0.15, 0.2) is 0 Å². The quantitative estimate of drug-likeness (QED) is 0.353. The van der Waals surface area contributed by atoms with E-state index in [-0.39, 0.29) is 17.5 Å². The number of halogens is 2. The molecule has 0 spiro atoms. The number of benzene rings is 1. The normalized spacial score (nSPS) is 19.4. The number of non-ortho nitro benzene ring substituents is 1. The molecule has 0 aliphatic heterocycles. The summed E-state index contributed by atoms with van der Waals surface area (Å²) < 4.78 is 4.85. The number of thioether (sulfide) groups is 1. The molecule has 1 aromatic heterocycles. The molecule has 1 aliphatic rings. The molecule has 0 saturated heterocycles. The molecule has 1 aromatic carbocycles. The van der Waals surface area contributed by atoms with Crippen molar-refractivity contribution in [2.75, 3.05) is 5.75 Å². The summed E-state index contributed by atoms with van der Waals surface area (Å²) in [5, 5.41) is 18.9. The van der Waals surface area contributed by atoms with Crippen LogP contribution >= 0.6 is 35.0 Å². The van der Waals surface area contributed by atoms with Crippen LogP contribution in [0.25, 0.3) is 11.5 Å². The number of rotatable bonds is 5. The van der Waals surface area contributed by atoms with Gasteiger partial charge >= 0.3 is 0 Å². The van der Waals surface area contributed by atoms with Gasteiger partial charge in [0, 0.05) is 29.4 Å². The van der Waals surface area contributed by atoms with Gasteiger partial charge in [-0.1, -0.05) is 17.8 Å². The van der Waals surface area contributed by atoms with Crippen LogP contribution in [0.4, 0.5) is 5.69 Å². The fraction of sp³-hybridized carbons (Fsp3) is 0.333. The molecular formula is C12H9Cl2N3O3S. The molecule has 0 amide bonds. The number of hydrogen-bond donors (Lipinski definition) is 0. The summed E-state index contributed by atoms with van der Waals surface area (Å²) in [6, 6.07) is 6.05. The molecule has 0 bridgehead atoms. The first-order valence-electron chi connectivity index (χ1n) is 6.05. The van der Waals surface area contributed by atoms with Crippen molar-refractivity contribution < 1.29 is 9.34 Å². The second-order valence-electron chi connectivity index (χ2n) is 4.65. The third-order valence-electron chi connectivity index (χ3n) is 3.07. The van der Waals surface area contributed by atoms with Gasteiger partial charge in [-0.2, -0.15) is 0 Å². The number of hydrogen-bond acceptors (Lipinski definition) is 6. The van der Waals surface area contributed by atoms with Crippen molar-refractivity contribution in [1.82, 2.24) is 10.2 Å². The predicted octanol–water partition coefficient (Wildman–Crippen LogP) is 3.93. The molecule has 1 heterocycles. The molecule has 1 saturated carbocycles. The van der Waals surface area contributed by atoms with Gasteiger partial charge in [0.2, 0.25) is 5.89 Å². The van der Waals surface area contributed by atoms with E-state index in [1.54, 1.807) is 12.1 Å². The minimum absolute atomic E-state index is 0.0213. The first-order chi connectivity index (χ1) is 9.95. The van der Waals surface area contributed by atoms with Gasteiger partial charge in [-0.25, -0.2) is 0 Å². The van der Waals surface area contributed by atoms with Crippen LogP contribution in [0.3, 0.4) is 0 Å². The predicted molar refractivity (Wildman–Crippen MR) is 79.7 cm³/mol. The van der Waals surface area contributed by atoms with Crippen molar-refractivity contribution in [1.29, 1.82) is 0 Å². The topological polar surface area (TPSA) is 82.1 Å². The van der Waals surface area contributed by atoms with E-state index in [1.807, 2.05) is 0 Å². The number of nitro benzene ring substituents is 1. The first kappa shape index (κ1) is 14.6. The van der Waals surface area contributed by atoms with E-state index in [4.69, 9.17) is 27.6 Å². The summed E-state index contributed by atoms with van der Waals surface area (Å²) in [7, 11) is 0. The van der Waals surface area contributed by atoms with Crippen LogP contribution in [-0.2, 0) is 0 Å². The highest BCUT2D eigenvalue weighted by molar-refractivity contribution is 7.99. The fourth-order valence-corrected chi connectivity index (χ4v) is 3.45. The minimum atomic E-state index is -0.629. The lowest BCUT2D eigenvalue weighted by molar-refractivity contribution is -0.384. The molecule has 1 aliphatic carbocycles. The van der Waals surface area contributed by atoms with Crippen molar-refractivity contribution in [2.24, 2.45) is 5.92 Å². The van der Waals surface area contributed by atoms with Crippen LogP contribution in [0.2, 0.25) is 0 Å². The van der Waals surface area contributed by atoms with E-state index in [0.29, 0.717) is 16.5 Å². The number of aromatic nitrogens is 2. The lowest BCUT2D eigenvalue weighted by atomic mass is 10.2. The monoisotopic (exact) mass is 345 g/mol. The van der Waals surface area contributed by atoms with Gasteiger partial charge in [-0.3, -0.25) is 10.1 Å². The highest BCUT2D eigenvalue weighted by Crippen LogP contribution is 2.54. The Kier molecular flexibility index (Phi) is 3.81. The summed E-state index contributed by atoms with van der Waals surface area (Å²) in [4.78, 5) is 10.3. The zero-order valence-corrected chi connectivity index (χ0v) is 12.9. The summed E-state index contributed by atoms with van der Waals surface area (Å²) in [6.07, 6.45) is 0.759. The molecule has 0 radical (unpaired) electrons. The van der Waals surface area contributed by atoms with E-state index >= 15 is 0 Å². The van der Waals surface area contributed by atoms with E-state index in [1.165, 1.54) is 23.9 Å². The Labute approximate surface area is 134 Å².